The Hall–Kier alpha value is -0.670. The standard InChI is InChI=1S/C8H7Cl2FO3S.C8H7Cl2FO/c1-2-14-15(12,13)8-5(9)3-4-6(11)7(8)10;1-4(12)7-5(9)2-3-6(11)8(7)10/h3-4H,2H2,1H3;2-4,12H,1H3/t;4-/m.1/s1. The van der Waals surface area contributed by atoms with Crippen molar-refractivity contribution in [2.24, 2.45) is 0 Å². The van der Waals surface area contributed by atoms with Crippen LogP contribution >= 0.6 is 46.4 Å². The van der Waals surface area contributed by atoms with Gasteiger partial charge < -0.3 is 5.11 Å². The molecule has 27 heavy (non-hydrogen) atoms. The van der Waals surface area contributed by atoms with E-state index in [-0.39, 0.29) is 27.2 Å². The molecule has 4 nitrogen and oxygen atoms in total. The van der Waals surface area contributed by atoms with Gasteiger partial charge in [-0.2, -0.15) is 8.42 Å². The van der Waals surface area contributed by atoms with Gasteiger partial charge in [0.2, 0.25) is 0 Å². The number of hydrogen-bond acceptors (Lipinski definition) is 4. The first kappa shape index (κ1) is 24.4. The highest BCUT2D eigenvalue weighted by Gasteiger charge is 2.24. The van der Waals surface area contributed by atoms with E-state index in [4.69, 9.17) is 46.4 Å². The maximum atomic E-state index is 13.0. The Morgan fingerprint density at radius 1 is 1.00 bits per heavy atom. The highest BCUT2D eigenvalue weighted by atomic mass is 35.5. The summed E-state index contributed by atoms with van der Waals surface area (Å²) in [6.07, 6.45) is -0.860. The zero-order valence-electron chi connectivity index (χ0n) is 13.9. The van der Waals surface area contributed by atoms with E-state index in [2.05, 4.69) is 4.18 Å². The molecule has 0 saturated carbocycles. The van der Waals surface area contributed by atoms with Gasteiger partial charge in [-0.1, -0.05) is 46.4 Å². The number of hydrogen-bond donors (Lipinski definition) is 1. The second-order valence-electron chi connectivity index (χ2n) is 4.97. The van der Waals surface area contributed by atoms with Gasteiger partial charge in [-0.05, 0) is 38.1 Å². The highest BCUT2D eigenvalue weighted by Crippen LogP contribution is 2.33. The Labute approximate surface area is 175 Å². The zero-order valence-corrected chi connectivity index (χ0v) is 17.8. The van der Waals surface area contributed by atoms with Gasteiger partial charge in [0, 0.05) is 10.6 Å². The van der Waals surface area contributed by atoms with Crippen LogP contribution in [-0.4, -0.2) is 20.1 Å². The Balaban J connectivity index is 0.000000277. The molecule has 2 aromatic rings. The van der Waals surface area contributed by atoms with Crippen molar-refractivity contribution in [2.45, 2.75) is 24.8 Å². The Morgan fingerprint density at radius 3 is 1.93 bits per heavy atom. The third kappa shape index (κ3) is 6.15. The van der Waals surface area contributed by atoms with Gasteiger partial charge in [0.25, 0.3) is 10.1 Å². The van der Waals surface area contributed by atoms with Gasteiger partial charge in [-0.25, -0.2) is 8.78 Å². The normalized spacial score (nSPS) is 12.3. The summed E-state index contributed by atoms with van der Waals surface area (Å²) in [6, 6.07) is 4.62. The van der Waals surface area contributed by atoms with Gasteiger partial charge >= 0.3 is 0 Å². The lowest BCUT2D eigenvalue weighted by Gasteiger charge is -2.09. The topological polar surface area (TPSA) is 63.6 Å². The number of halogens is 6. The summed E-state index contributed by atoms with van der Waals surface area (Å²) in [6.45, 7) is 2.89. The molecule has 0 aliphatic heterocycles. The molecule has 0 aromatic heterocycles. The Morgan fingerprint density at radius 2 is 1.48 bits per heavy atom. The van der Waals surface area contributed by atoms with Gasteiger partial charge in [-0.15, -0.1) is 0 Å². The molecule has 0 fully saturated rings. The molecule has 0 unspecified atom stereocenters. The van der Waals surface area contributed by atoms with Gasteiger partial charge in [0.1, 0.15) is 16.5 Å². The molecule has 150 valence electrons. The molecular formula is C16H14Cl4F2O4S. The summed E-state index contributed by atoms with van der Waals surface area (Å²) in [5, 5.41) is 8.60. The number of rotatable bonds is 4. The third-order valence-electron chi connectivity index (χ3n) is 3.02. The van der Waals surface area contributed by atoms with E-state index in [0.717, 1.165) is 18.2 Å². The van der Waals surface area contributed by atoms with Crippen LogP contribution in [0.15, 0.2) is 29.2 Å². The van der Waals surface area contributed by atoms with Crippen molar-refractivity contribution in [3.63, 3.8) is 0 Å². The number of aliphatic hydroxyl groups is 1. The fraction of sp³-hybridized carbons (Fsp3) is 0.250. The van der Waals surface area contributed by atoms with E-state index in [0.29, 0.717) is 0 Å². The molecule has 0 heterocycles. The molecule has 0 spiro atoms. The second kappa shape index (κ2) is 10.2. The molecule has 1 atom stereocenters. The first-order valence-corrected chi connectivity index (χ1v) is 10.2. The summed E-state index contributed by atoms with van der Waals surface area (Å²) in [4.78, 5) is -0.535. The van der Waals surface area contributed by atoms with Gasteiger partial charge in [0.15, 0.2) is 0 Å². The molecule has 0 amide bonds. The van der Waals surface area contributed by atoms with Crippen molar-refractivity contribution in [3.8, 4) is 0 Å². The van der Waals surface area contributed by atoms with Crippen LogP contribution in [0.4, 0.5) is 8.78 Å². The third-order valence-corrected chi connectivity index (χ3v) is 6.11. The molecule has 11 heteroatoms. The highest BCUT2D eigenvalue weighted by molar-refractivity contribution is 7.87. The van der Waals surface area contributed by atoms with E-state index in [1.807, 2.05) is 0 Å². The van der Waals surface area contributed by atoms with Crippen LogP contribution in [0.1, 0.15) is 25.5 Å². The molecule has 0 aliphatic rings. The lowest BCUT2D eigenvalue weighted by atomic mass is 10.1. The second-order valence-corrected chi connectivity index (χ2v) is 8.09. The van der Waals surface area contributed by atoms with E-state index in [1.54, 1.807) is 0 Å². The quantitative estimate of drug-likeness (QED) is 0.426. The smallest absolute Gasteiger partial charge is 0.300 e. The molecule has 0 saturated heterocycles. The first-order valence-electron chi connectivity index (χ1n) is 7.28. The average molecular weight is 482 g/mol. The SMILES string of the molecule is CCOS(=O)(=O)c1c(Cl)ccc(F)c1Cl.C[C@@H](O)c1c(Cl)ccc(F)c1Cl. The van der Waals surface area contributed by atoms with Crippen molar-refractivity contribution in [2.75, 3.05) is 6.61 Å². The number of aliphatic hydroxyl groups excluding tert-OH is 1. The van der Waals surface area contributed by atoms with Crippen LogP contribution in [0.5, 0.6) is 0 Å². The molecule has 0 radical (unpaired) electrons. The van der Waals surface area contributed by atoms with Crippen molar-refractivity contribution in [1.29, 1.82) is 0 Å². The van der Waals surface area contributed by atoms with Crippen LogP contribution < -0.4 is 0 Å². The molecule has 0 aliphatic carbocycles. The van der Waals surface area contributed by atoms with Crippen LogP contribution in [0.25, 0.3) is 0 Å². The predicted octanol–water partition coefficient (Wildman–Crippen LogP) is 6.04. The maximum Gasteiger partial charge on any atom is 0.300 e. The summed E-state index contributed by atoms with van der Waals surface area (Å²) in [5.74, 6) is -1.43. The van der Waals surface area contributed by atoms with E-state index in [1.165, 1.54) is 19.9 Å². The van der Waals surface area contributed by atoms with Crippen LogP contribution in [0.2, 0.25) is 20.1 Å². The summed E-state index contributed by atoms with van der Waals surface area (Å²) in [5.41, 5.74) is 0.235. The molecule has 2 rings (SSSR count). The lowest BCUT2D eigenvalue weighted by Crippen LogP contribution is -2.08. The van der Waals surface area contributed by atoms with E-state index in [9.17, 15) is 22.3 Å². The number of benzene rings is 2. The minimum atomic E-state index is -4.10. The van der Waals surface area contributed by atoms with E-state index < -0.39 is 37.8 Å². The average Bonchev–Trinajstić information content (AvgIpc) is 2.55. The summed E-state index contributed by atoms with van der Waals surface area (Å²) < 4.78 is 53.2. The maximum absolute atomic E-state index is 13.0. The van der Waals surface area contributed by atoms with Crippen LogP contribution in [0, 0.1) is 11.6 Å². The van der Waals surface area contributed by atoms with Crippen molar-refractivity contribution in [3.05, 3.63) is 61.6 Å². The zero-order chi connectivity index (χ0) is 20.9. The molecule has 2 aromatic carbocycles. The fourth-order valence-electron chi connectivity index (χ4n) is 1.88. The Bertz CT molecular complexity index is 921. The summed E-state index contributed by atoms with van der Waals surface area (Å²) >= 11 is 22.4. The molecule has 0 bridgehead atoms. The van der Waals surface area contributed by atoms with Gasteiger partial charge in [-0.3, -0.25) is 4.18 Å². The fourth-order valence-corrected chi connectivity index (χ4v) is 4.55. The van der Waals surface area contributed by atoms with Crippen LogP contribution in [-0.2, 0) is 14.3 Å². The summed E-state index contributed by atoms with van der Waals surface area (Å²) in [7, 11) is -4.10. The van der Waals surface area contributed by atoms with Crippen molar-refractivity contribution >= 4 is 56.5 Å². The minimum absolute atomic E-state index is 0.0779. The molecular weight excluding hydrogens is 468 g/mol. The van der Waals surface area contributed by atoms with E-state index >= 15 is 0 Å². The van der Waals surface area contributed by atoms with Gasteiger partial charge in [0.05, 0.1) is 27.8 Å². The lowest BCUT2D eigenvalue weighted by molar-refractivity contribution is 0.199. The first-order chi connectivity index (χ1) is 12.4. The van der Waals surface area contributed by atoms with Crippen LogP contribution in [0.3, 0.4) is 0 Å². The van der Waals surface area contributed by atoms with Crippen molar-refractivity contribution in [1.82, 2.24) is 0 Å². The minimum Gasteiger partial charge on any atom is -0.389 e. The Kier molecular flexibility index (Phi) is 9.21. The monoisotopic (exact) mass is 480 g/mol. The molecule has 1 N–H and O–H groups in total. The largest absolute Gasteiger partial charge is 0.389 e. The predicted molar refractivity (Wildman–Crippen MR) is 102 cm³/mol. The van der Waals surface area contributed by atoms with Crippen molar-refractivity contribution < 1.29 is 26.5 Å².